The highest BCUT2D eigenvalue weighted by atomic mass is 35.5. The smallest absolute Gasteiger partial charge is 0.253 e. The highest BCUT2D eigenvalue weighted by Gasteiger charge is 2.14. The van der Waals surface area contributed by atoms with Crippen molar-refractivity contribution in [1.29, 1.82) is 0 Å². The van der Waals surface area contributed by atoms with Gasteiger partial charge in [0.05, 0.1) is 34.3 Å². The number of pyridine rings is 1. The van der Waals surface area contributed by atoms with Gasteiger partial charge in [-0.3, -0.25) is 9.78 Å². The average Bonchev–Trinajstić information content (AvgIpc) is 2.89. The van der Waals surface area contributed by atoms with Crippen LogP contribution in [0.1, 0.15) is 27.4 Å². The van der Waals surface area contributed by atoms with Crippen LogP contribution in [0.4, 0.5) is 0 Å². The third-order valence-corrected chi connectivity index (χ3v) is 4.58. The predicted molar refractivity (Wildman–Crippen MR) is 98.1 cm³/mol. The number of nitrogens with zero attached hydrogens (tertiary/aromatic N) is 4. The van der Waals surface area contributed by atoms with E-state index in [1.54, 1.807) is 35.0 Å². The number of halogens is 1. The van der Waals surface area contributed by atoms with Gasteiger partial charge in [0.2, 0.25) is 0 Å². The molecule has 0 fully saturated rings. The maximum absolute atomic E-state index is 12.6. The van der Waals surface area contributed by atoms with Gasteiger partial charge in [0.1, 0.15) is 0 Å². The van der Waals surface area contributed by atoms with Crippen molar-refractivity contribution in [1.82, 2.24) is 19.7 Å². The van der Waals surface area contributed by atoms with Crippen LogP contribution in [0.2, 0.25) is 5.02 Å². The molecule has 0 atom stereocenters. The summed E-state index contributed by atoms with van der Waals surface area (Å²) in [5.74, 6) is -0.0522. The Morgan fingerprint density at radius 2 is 1.88 bits per heavy atom. The summed E-state index contributed by atoms with van der Waals surface area (Å²) in [6, 6.07) is 13.0. The lowest BCUT2D eigenvalue weighted by atomic mass is 10.1. The summed E-state index contributed by atoms with van der Waals surface area (Å²) < 4.78 is 1.78. The maximum Gasteiger partial charge on any atom is 0.253 e. The molecule has 6 heteroatoms. The molecule has 0 saturated carbocycles. The zero-order valence-electron chi connectivity index (χ0n) is 14.4. The molecule has 25 heavy (non-hydrogen) atoms. The molecule has 128 valence electrons. The monoisotopic (exact) mass is 354 g/mol. The molecule has 0 unspecified atom stereocenters. The van der Waals surface area contributed by atoms with Crippen LogP contribution < -0.4 is 0 Å². The van der Waals surface area contributed by atoms with E-state index in [4.69, 9.17) is 11.6 Å². The van der Waals surface area contributed by atoms with Gasteiger partial charge in [-0.2, -0.15) is 5.10 Å². The minimum Gasteiger partial charge on any atom is -0.336 e. The van der Waals surface area contributed by atoms with Crippen LogP contribution in [0.3, 0.4) is 0 Å². The molecule has 0 aliphatic rings. The standard InChI is InChI=1S/C19H19ClN4O/c1-13-18(20)14(2)24(22-13)17-9-7-15(8-10-17)19(25)23(3)12-16-6-4-5-11-21-16/h4-11H,12H2,1-3H3. The second-order valence-corrected chi connectivity index (χ2v) is 6.30. The van der Waals surface area contributed by atoms with Gasteiger partial charge in [-0.25, -0.2) is 4.68 Å². The molecule has 0 N–H and O–H groups in total. The first kappa shape index (κ1) is 17.2. The Balaban J connectivity index is 1.77. The van der Waals surface area contributed by atoms with Crippen LogP contribution in [0.25, 0.3) is 5.69 Å². The van der Waals surface area contributed by atoms with Crippen LogP contribution in [0.15, 0.2) is 48.7 Å². The van der Waals surface area contributed by atoms with Crippen molar-refractivity contribution in [2.24, 2.45) is 0 Å². The first-order valence-electron chi connectivity index (χ1n) is 7.95. The van der Waals surface area contributed by atoms with Gasteiger partial charge in [0, 0.05) is 18.8 Å². The molecule has 2 heterocycles. The van der Waals surface area contributed by atoms with Crippen molar-refractivity contribution in [3.63, 3.8) is 0 Å². The van der Waals surface area contributed by atoms with E-state index in [1.165, 1.54) is 0 Å². The molecule has 0 bridgehead atoms. The summed E-state index contributed by atoms with van der Waals surface area (Å²) in [6.07, 6.45) is 1.72. The van der Waals surface area contributed by atoms with Gasteiger partial charge < -0.3 is 4.90 Å². The number of hydrogen-bond donors (Lipinski definition) is 0. The molecule has 0 aliphatic heterocycles. The first-order valence-corrected chi connectivity index (χ1v) is 8.32. The number of rotatable bonds is 4. The van der Waals surface area contributed by atoms with E-state index in [2.05, 4.69) is 10.1 Å². The van der Waals surface area contributed by atoms with Crippen LogP contribution in [-0.4, -0.2) is 32.6 Å². The average molecular weight is 355 g/mol. The summed E-state index contributed by atoms with van der Waals surface area (Å²) in [5, 5.41) is 5.09. The molecule has 0 radical (unpaired) electrons. The first-order chi connectivity index (χ1) is 12.0. The van der Waals surface area contributed by atoms with Gasteiger partial charge in [0.15, 0.2) is 0 Å². The number of hydrogen-bond acceptors (Lipinski definition) is 3. The van der Waals surface area contributed by atoms with Gasteiger partial charge in [-0.1, -0.05) is 17.7 Å². The number of benzene rings is 1. The van der Waals surface area contributed by atoms with Gasteiger partial charge in [0.25, 0.3) is 5.91 Å². The van der Waals surface area contributed by atoms with Crippen LogP contribution in [-0.2, 0) is 6.54 Å². The SMILES string of the molecule is Cc1nn(-c2ccc(C(=O)N(C)Cc3ccccn3)cc2)c(C)c1Cl. The fourth-order valence-electron chi connectivity index (χ4n) is 2.65. The zero-order chi connectivity index (χ0) is 18.0. The Hall–Kier alpha value is -2.66. The Morgan fingerprint density at radius 3 is 2.44 bits per heavy atom. The molecule has 0 aliphatic carbocycles. The third kappa shape index (κ3) is 3.56. The lowest BCUT2D eigenvalue weighted by molar-refractivity contribution is 0.0783. The Kier molecular flexibility index (Phi) is 4.86. The highest BCUT2D eigenvalue weighted by Crippen LogP contribution is 2.22. The molecular weight excluding hydrogens is 336 g/mol. The molecule has 1 aromatic carbocycles. The van der Waals surface area contributed by atoms with Crippen molar-refractivity contribution in [2.45, 2.75) is 20.4 Å². The zero-order valence-corrected chi connectivity index (χ0v) is 15.2. The Labute approximate surface area is 151 Å². The number of aromatic nitrogens is 3. The van der Waals surface area contributed by atoms with E-state index in [0.717, 1.165) is 22.8 Å². The van der Waals surface area contributed by atoms with Crippen molar-refractivity contribution >= 4 is 17.5 Å². The molecule has 3 aromatic rings. The minimum atomic E-state index is -0.0522. The number of amides is 1. The Morgan fingerprint density at radius 1 is 1.16 bits per heavy atom. The summed E-state index contributed by atoms with van der Waals surface area (Å²) in [4.78, 5) is 18.5. The number of aryl methyl sites for hydroxylation is 1. The van der Waals surface area contributed by atoms with Crippen molar-refractivity contribution in [3.8, 4) is 5.69 Å². The van der Waals surface area contributed by atoms with E-state index in [0.29, 0.717) is 17.1 Å². The van der Waals surface area contributed by atoms with Gasteiger partial charge in [-0.15, -0.1) is 0 Å². The maximum atomic E-state index is 12.6. The van der Waals surface area contributed by atoms with E-state index >= 15 is 0 Å². The molecular formula is C19H19ClN4O. The normalized spacial score (nSPS) is 10.7. The van der Waals surface area contributed by atoms with Gasteiger partial charge >= 0.3 is 0 Å². The lowest BCUT2D eigenvalue weighted by Gasteiger charge is -2.17. The third-order valence-electron chi connectivity index (χ3n) is 4.03. The summed E-state index contributed by atoms with van der Waals surface area (Å²) in [5.41, 5.74) is 4.01. The molecule has 5 nitrogen and oxygen atoms in total. The number of carbonyl (C=O) groups excluding carboxylic acids is 1. The number of carbonyl (C=O) groups is 1. The minimum absolute atomic E-state index is 0.0522. The van der Waals surface area contributed by atoms with Crippen molar-refractivity contribution in [2.75, 3.05) is 7.05 Å². The van der Waals surface area contributed by atoms with Gasteiger partial charge in [-0.05, 0) is 50.2 Å². The van der Waals surface area contributed by atoms with Crippen LogP contribution in [0, 0.1) is 13.8 Å². The van der Waals surface area contributed by atoms with Crippen molar-refractivity contribution in [3.05, 3.63) is 76.3 Å². The summed E-state index contributed by atoms with van der Waals surface area (Å²) in [7, 11) is 1.77. The topological polar surface area (TPSA) is 51.0 Å². The summed E-state index contributed by atoms with van der Waals surface area (Å²) >= 11 is 6.20. The van der Waals surface area contributed by atoms with E-state index < -0.39 is 0 Å². The Bertz CT molecular complexity index is 888. The van der Waals surface area contributed by atoms with Crippen molar-refractivity contribution < 1.29 is 4.79 Å². The lowest BCUT2D eigenvalue weighted by Crippen LogP contribution is -2.26. The van der Waals surface area contributed by atoms with E-state index in [1.807, 2.05) is 44.2 Å². The molecule has 1 amide bonds. The largest absolute Gasteiger partial charge is 0.336 e. The van der Waals surface area contributed by atoms with E-state index in [9.17, 15) is 4.79 Å². The predicted octanol–water partition coefficient (Wildman–Crippen LogP) is 3.81. The molecule has 3 rings (SSSR count). The van der Waals surface area contributed by atoms with Crippen LogP contribution in [0.5, 0.6) is 0 Å². The molecule has 0 spiro atoms. The van der Waals surface area contributed by atoms with Crippen LogP contribution >= 0.6 is 11.6 Å². The quantitative estimate of drug-likeness (QED) is 0.715. The highest BCUT2D eigenvalue weighted by molar-refractivity contribution is 6.31. The second-order valence-electron chi connectivity index (χ2n) is 5.93. The fourth-order valence-corrected chi connectivity index (χ4v) is 2.76. The van der Waals surface area contributed by atoms with E-state index in [-0.39, 0.29) is 5.91 Å². The molecule has 0 saturated heterocycles. The fraction of sp³-hybridized carbons (Fsp3) is 0.211. The molecule has 2 aromatic heterocycles. The summed E-state index contributed by atoms with van der Waals surface area (Å²) in [6.45, 7) is 4.26. The second kappa shape index (κ2) is 7.07.